The number of hydrogen-bond donors (Lipinski definition) is 1. The molecule has 5 nitrogen and oxygen atoms in total. The molecule has 1 aliphatic heterocycles. The normalized spacial score (nSPS) is 21.2. The molecule has 1 N–H and O–H groups in total. The molecule has 0 bridgehead atoms. The van der Waals surface area contributed by atoms with Gasteiger partial charge in [-0.05, 0) is 33.6 Å². The number of rotatable bonds is 6. The van der Waals surface area contributed by atoms with Gasteiger partial charge < -0.3 is 15.1 Å². The fourth-order valence-corrected chi connectivity index (χ4v) is 2.77. The molecule has 0 aromatic heterocycles. The fourth-order valence-electron chi connectivity index (χ4n) is 2.77. The van der Waals surface area contributed by atoms with E-state index >= 15 is 0 Å². The van der Waals surface area contributed by atoms with Gasteiger partial charge in [-0.25, -0.2) is 0 Å². The molecule has 2 atom stereocenters. The maximum absolute atomic E-state index is 12.5. The van der Waals surface area contributed by atoms with Crippen molar-refractivity contribution < 1.29 is 9.59 Å². The summed E-state index contributed by atoms with van der Waals surface area (Å²) in [5.74, 6) is 0.117. The van der Waals surface area contributed by atoms with Crippen molar-refractivity contribution in [2.45, 2.75) is 65.6 Å². The van der Waals surface area contributed by atoms with Gasteiger partial charge >= 0.3 is 0 Å². The Labute approximate surface area is 122 Å². The fraction of sp³-hybridized carbons (Fsp3) is 0.867. The minimum absolute atomic E-state index is 0.0496. The van der Waals surface area contributed by atoms with Crippen molar-refractivity contribution in [1.82, 2.24) is 15.1 Å². The van der Waals surface area contributed by atoms with Crippen LogP contribution in [0.4, 0.5) is 0 Å². The SMILES string of the molecule is CCN(CC)C(=O)C(C)N1CCCC(NC(C)C)C1=O. The summed E-state index contributed by atoms with van der Waals surface area (Å²) >= 11 is 0. The lowest BCUT2D eigenvalue weighted by Crippen LogP contribution is -2.58. The van der Waals surface area contributed by atoms with Gasteiger partial charge in [0.2, 0.25) is 11.8 Å². The minimum Gasteiger partial charge on any atom is -0.341 e. The van der Waals surface area contributed by atoms with Gasteiger partial charge in [0.15, 0.2) is 0 Å². The zero-order valence-corrected chi connectivity index (χ0v) is 13.5. The van der Waals surface area contributed by atoms with Crippen molar-refractivity contribution in [3.63, 3.8) is 0 Å². The third-order valence-corrected chi connectivity index (χ3v) is 3.91. The van der Waals surface area contributed by atoms with Crippen LogP contribution in [0.1, 0.15) is 47.5 Å². The Morgan fingerprint density at radius 2 is 1.95 bits per heavy atom. The summed E-state index contributed by atoms with van der Waals surface area (Å²) in [7, 11) is 0. The third-order valence-electron chi connectivity index (χ3n) is 3.91. The summed E-state index contributed by atoms with van der Waals surface area (Å²) in [6.45, 7) is 11.9. The minimum atomic E-state index is -0.362. The van der Waals surface area contributed by atoms with Crippen LogP contribution in [-0.2, 0) is 9.59 Å². The van der Waals surface area contributed by atoms with Gasteiger partial charge in [-0.1, -0.05) is 13.8 Å². The summed E-state index contributed by atoms with van der Waals surface area (Å²) in [5.41, 5.74) is 0. The smallest absolute Gasteiger partial charge is 0.245 e. The Balaban J connectivity index is 2.74. The molecule has 2 amide bonds. The zero-order chi connectivity index (χ0) is 15.3. The van der Waals surface area contributed by atoms with Crippen LogP contribution in [0.3, 0.4) is 0 Å². The third kappa shape index (κ3) is 3.95. The Morgan fingerprint density at radius 3 is 2.45 bits per heavy atom. The van der Waals surface area contributed by atoms with Gasteiger partial charge in [0, 0.05) is 25.7 Å². The first-order valence-corrected chi connectivity index (χ1v) is 7.77. The summed E-state index contributed by atoms with van der Waals surface area (Å²) in [6, 6.07) is -0.229. The molecule has 0 saturated carbocycles. The molecule has 2 unspecified atom stereocenters. The maximum Gasteiger partial charge on any atom is 0.245 e. The first-order chi connectivity index (χ1) is 9.42. The second-order valence-electron chi connectivity index (χ2n) is 5.73. The first-order valence-electron chi connectivity index (χ1n) is 7.77. The number of likely N-dealkylation sites (tertiary alicyclic amines) is 1. The van der Waals surface area contributed by atoms with Gasteiger partial charge in [-0.3, -0.25) is 9.59 Å². The van der Waals surface area contributed by atoms with E-state index in [0.29, 0.717) is 19.6 Å². The standard InChI is InChI=1S/C15H29N3O2/c1-6-17(7-2)14(19)12(5)18-10-8-9-13(15(18)20)16-11(3)4/h11-13,16H,6-10H2,1-5H3. The van der Waals surface area contributed by atoms with Gasteiger partial charge in [-0.2, -0.15) is 0 Å². The van der Waals surface area contributed by atoms with E-state index in [4.69, 9.17) is 0 Å². The highest BCUT2D eigenvalue weighted by Gasteiger charge is 2.35. The van der Waals surface area contributed by atoms with Gasteiger partial charge in [0.1, 0.15) is 6.04 Å². The molecule has 1 heterocycles. The Kier molecular flexibility index (Phi) is 6.46. The molecule has 5 heteroatoms. The van der Waals surface area contributed by atoms with Crippen LogP contribution in [0.2, 0.25) is 0 Å². The van der Waals surface area contributed by atoms with Crippen LogP contribution in [0.5, 0.6) is 0 Å². The molecule has 1 saturated heterocycles. The van der Waals surface area contributed by atoms with Crippen LogP contribution >= 0.6 is 0 Å². The van der Waals surface area contributed by atoms with Crippen LogP contribution in [0, 0.1) is 0 Å². The van der Waals surface area contributed by atoms with E-state index in [1.165, 1.54) is 0 Å². The van der Waals surface area contributed by atoms with E-state index in [1.54, 1.807) is 9.80 Å². The van der Waals surface area contributed by atoms with Gasteiger partial charge in [0.25, 0.3) is 0 Å². The number of carbonyl (C=O) groups is 2. The quantitative estimate of drug-likeness (QED) is 0.798. The zero-order valence-electron chi connectivity index (χ0n) is 13.5. The highest BCUT2D eigenvalue weighted by atomic mass is 16.2. The molecular formula is C15H29N3O2. The maximum atomic E-state index is 12.5. The summed E-state index contributed by atoms with van der Waals surface area (Å²) in [4.78, 5) is 28.4. The molecule has 116 valence electrons. The van der Waals surface area contributed by atoms with Gasteiger partial charge in [-0.15, -0.1) is 0 Å². The van der Waals surface area contributed by atoms with E-state index in [1.807, 2.05) is 34.6 Å². The highest BCUT2D eigenvalue weighted by Crippen LogP contribution is 2.16. The molecule has 0 radical (unpaired) electrons. The number of nitrogens with one attached hydrogen (secondary N) is 1. The van der Waals surface area contributed by atoms with E-state index in [-0.39, 0.29) is 29.9 Å². The first kappa shape index (κ1) is 17.0. The van der Waals surface area contributed by atoms with E-state index < -0.39 is 0 Å². The average Bonchev–Trinajstić information content (AvgIpc) is 2.41. The predicted molar refractivity (Wildman–Crippen MR) is 80.4 cm³/mol. The number of hydrogen-bond acceptors (Lipinski definition) is 3. The van der Waals surface area contributed by atoms with Gasteiger partial charge in [0.05, 0.1) is 6.04 Å². The van der Waals surface area contributed by atoms with Crippen LogP contribution in [0.25, 0.3) is 0 Å². The van der Waals surface area contributed by atoms with Crippen LogP contribution < -0.4 is 5.32 Å². The Hall–Kier alpha value is -1.10. The lowest BCUT2D eigenvalue weighted by molar-refractivity contribution is -0.148. The highest BCUT2D eigenvalue weighted by molar-refractivity contribution is 5.90. The molecule has 20 heavy (non-hydrogen) atoms. The summed E-state index contributed by atoms with van der Waals surface area (Å²) in [6.07, 6.45) is 1.81. The lowest BCUT2D eigenvalue weighted by atomic mass is 10.0. The lowest BCUT2D eigenvalue weighted by Gasteiger charge is -2.38. The van der Waals surface area contributed by atoms with E-state index in [2.05, 4.69) is 5.32 Å². The van der Waals surface area contributed by atoms with E-state index in [0.717, 1.165) is 12.8 Å². The summed E-state index contributed by atoms with van der Waals surface area (Å²) < 4.78 is 0. The average molecular weight is 283 g/mol. The molecule has 0 aliphatic carbocycles. The molecule has 1 fully saturated rings. The number of carbonyl (C=O) groups excluding carboxylic acids is 2. The number of likely N-dealkylation sites (N-methyl/N-ethyl adjacent to an activating group) is 1. The second-order valence-corrected chi connectivity index (χ2v) is 5.73. The topological polar surface area (TPSA) is 52.7 Å². The number of amides is 2. The van der Waals surface area contributed by atoms with Crippen LogP contribution in [-0.4, -0.2) is 59.4 Å². The molecule has 0 spiro atoms. The molecule has 1 rings (SSSR count). The molecular weight excluding hydrogens is 254 g/mol. The molecule has 0 aromatic carbocycles. The predicted octanol–water partition coefficient (Wildman–Crippen LogP) is 1.23. The largest absolute Gasteiger partial charge is 0.341 e. The Morgan fingerprint density at radius 1 is 1.35 bits per heavy atom. The molecule has 1 aliphatic rings. The van der Waals surface area contributed by atoms with Crippen molar-refractivity contribution in [3.8, 4) is 0 Å². The van der Waals surface area contributed by atoms with Crippen molar-refractivity contribution in [2.75, 3.05) is 19.6 Å². The van der Waals surface area contributed by atoms with E-state index in [9.17, 15) is 9.59 Å². The summed E-state index contributed by atoms with van der Waals surface area (Å²) in [5, 5.41) is 3.30. The van der Waals surface area contributed by atoms with Crippen LogP contribution in [0.15, 0.2) is 0 Å². The monoisotopic (exact) mass is 283 g/mol. The second kappa shape index (κ2) is 7.62. The molecule has 0 aromatic rings. The van der Waals surface area contributed by atoms with Crippen molar-refractivity contribution in [3.05, 3.63) is 0 Å². The van der Waals surface area contributed by atoms with Crippen molar-refractivity contribution in [1.29, 1.82) is 0 Å². The van der Waals surface area contributed by atoms with Crippen molar-refractivity contribution in [2.24, 2.45) is 0 Å². The Bertz CT molecular complexity index is 340. The number of nitrogens with zero attached hydrogens (tertiary/aromatic N) is 2. The number of piperidine rings is 1. The van der Waals surface area contributed by atoms with Crippen molar-refractivity contribution >= 4 is 11.8 Å².